The summed E-state index contributed by atoms with van der Waals surface area (Å²) in [4.78, 5) is 0. The van der Waals surface area contributed by atoms with Crippen molar-refractivity contribution in [3.63, 3.8) is 0 Å². The monoisotopic (exact) mass is 234 g/mol. The van der Waals surface area contributed by atoms with E-state index in [4.69, 9.17) is 0 Å². The Labute approximate surface area is 102 Å². The van der Waals surface area contributed by atoms with Gasteiger partial charge in [-0.1, -0.05) is 50.2 Å². The fourth-order valence-electron chi connectivity index (χ4n) is 2.09. The summed E-state index contributed by atoms with van der Waals surface area (Å²) < 4.78 is 0. The largest absolute Gasteiger partial charge is 0.254 e. The number of nitrogens with zero attached hydrogens (tertiary/aromatic N) is 2. The van der Waals surface area contributed by atoms with Gasteiger partial charge in [0.25, 0.3) is 0 Å². The molecule has 0 radical (unpaired) electrons. The molecular formula is C13H18N2S. The molecule has 86 valence electrons. The van der Waals surface area contributed by atoms with Crippen molar-refractivity contribution < 1.29 is 0 Å². The van der Waals surface area contributed by atoms with Crippen molar-refractivity contribution in [2.75, 3.05) is 10.9 Å². The van der Waals surface area contributed by atoms with Crippen LogP contribution in [0.1, 0.15) is 38.2 Å². The Morgan fingerprint density at radius 1 is 1.44 bits per heavy atom. The van der Waals surface area contributed by atoms with Gasteiger partial charge in [0.05, 0.1) is 17.1 Å². The maximum absolute atomic E-state index is 4.38. The van der Waals surface area contributed by atoms with E-state index in [1.165, 1.54) is 24.1 Å². The van der Waals surface area contributed by atoms with Crippen molar-refractivity contribution in [3.8, 4) is 0 Å². The van der Waals surface area contributed by atoms with E-state index in [1.807, 2.05) is 5.55 Å². The molecule has 0 bridgehead atoms. The van der Waals surface area contributed by atoms with Gasteiger partial charge in [0.15, 0.2) is 0 Å². The van der Waals surface area contributed by atoms with Crippen molar-refractivity contribution in [2.45, 2.75) is 32.6 Å². The van der Waals surface area contributed by atoms with Gasteiger partial charge in [-0.3, -0.25) is 5.01 Å². The molecule has 0 spiro atoms. The predicted octanol–water partition coefficient (Wildman–Crippen LogP) is 4.04. The molecule has 3 heteroatoms. The van der Waals surface area contributed by atoms with Crippen LogP contribution >= 0.6 is 11.8 Å². The first-order valence-corrected chi connectivity index (χ1v) is 6.88. The lowest BCUT2D eigenvalue weighted by Crippen LogP contribution is -2.13. The highest BCUT2D eigenvalue weighted by atomic mass is 32.2. The molecular weight excluding hydrogens is 216 g/mol. The average molecular weight is 234 g/mol. The second kappa shape index (κ2) is 5.39. The molecule has 0 N–H and O–H groups in total. The summed E-state index contributed by atoms with van der Waals surface area (Å²) in [6.07, 6.45) is 2.47. The zero-order chi connectivity index (χ0) is 11.4. The lowest BCUT2D eigenvalue weighted by atomic mass is 9.95. The number of hydrazone groups is 1. The maximum Gasteiger partial charge on any atom is 0.0926 e. The third-order valence-corrected chi connectivity index (χ3v) is 3.56. The highest BCUT2D eigenvalue weighted by Gasteiger charge is 2.16. The molecule has 1 aromatic rings. The highest BCUT2D eigenvalue weighted by molar-refractivity contribution is 8.12. The Hall–Kier alpha value is -0.960. The van der Waals surface area contributed by atoms with E-state index in [0.29, 0.717) is 5.92 Å². The Morgan fingerprint density at radius 3 is 2.94 bits per heavy atom. The standard InChI is InChI=1S/C13H18N2S/c1-3-6-11(2)12-7-4-5-8-13(12)15-10-16-9-14-15/h4-5,7-9,11H,3,6,10H2,1-2H3. The smallest absolute Gasteiger partial charge is 0.0926 e. The molecule has 1 aromatic carbocycles. The molecule has 16 heavy (non-hydrogen) atoms. The van der Waals surface area contributed by atoms with Crippen molar-refractivity contribution >= 4 is 23.0 Å². The van der Waals surface area contributed by atoms with E-state index >= 15 is 0 Å². The Kier molecular flexibility index (Phi) is 3.88. The second-order valence-corrected chi connectivity index (χ2v) is 4.97. The minimum atomic E-state index is 0.613. The van der Waals surface area contributed by atoms with Gasteiger partial charge in [0, 0.05) is 0 Å². The number of thioether (sulfide) groups is 1. The molecule has 1 unspecified atom stereocenters. The van der Waals surface area contributed by atoms with Gasteiger partial charge < -0.3 is 0 Å². The third-order valence-electron chi connectivity index (χ3n) is 2.93. The summed E-state index contributed by atoms with van der Waals surface area (Å²) in [6, 6.07) is 8.62. The van der Waals surface area contributed by atoms with E-state index in [-0.39, 0.29) is 0 Å². The van der Waals surface area contributed by atoms with E-state index in [2.05, 4.69) is 48.2 Å². The average Bonchev–Trinajstić information content (AvgIpc) is 2.83. The minimum Gasteiger partial charge on any atom is -0.254 e. The van der Waals surface area contributed by atoms with Crippen LogP contribution in [0.15, 0.2) is 29.4 Å². The van der Waals surface area contributed by atoms with Gasteiger partial charge in [-0.2, -0.15) is 5.10 Å². The summed E-state index contributed by atoms with van der Waals surface area (Å²) >= 11 is 1.75. The van der Waals surface area contributed by atoms with Gasteiger partial charge in [-0.25, -0.2) is 0 Å². The van der Waals surface area contributed by atoms with Crippen LogP contribution in [0, 0.1) is 0 Å². The molecule has 1 heterocycles. The van der Waals surface area contributed by atoms with Crippen molar-refractivity contribution in [3.05, 3.63) is 29.8 Å². The van der Waals surface area contributed by atoms with Crippen LogP contribution in [0.2, 0.25) is 0 Å². The third kappa shape index (κ3) is 2.40. The molecule has 0 aromatic heterocycles. The van der Waals surface area contributed by atoms with E-state index in [1.54, 1.807) is 11.8 Å². The van der Waals surface area contributed by atoms with Gasteiger partial charge in [-0.15, -0.1) is 0 Å². The number of hydrogen-bond donors (Lipinski definition) is 0. The number of anilines is 1. The van der Waals surface area contributed by atoms with Crippen LogP contribution in [0.25, 0.3) is 0 Å². The Bertz CT molecular complexity index is 376. The molecule has 2 nitrogen and oxygen atoms in total. The van der Waals surface area contributed by atoms with E-state index in [9.17, 15) is 0 Å². The summed E-state index contributed by atoms with van der Waals surface area (Å²) in [5.74, 6) is 1.55. The summed E-state index contributed by atoms with van der Waals surface area (Å²) in [5, 5.41) is 6.47. The lowest BCUT2D eigenvalue weighted by molar-refractivity contribution is 0.663. The zero-order valence-corrected chi connectivity index (χ0v) is 10.7. The molecule has 2 rings (SSSR count). The Morgan fingerprint density at radius 2 is 2.25 bits per heavy atom. The molecule has 0 amide bonds. The summed E-state index contributed by atoms with van der Waals surface area (Å²) in [5.41, 5.74) is 4.61. The predicted molar refractivity (Wildman–Crippen MR) is 73.2 cm³/mol. The summed E-state index contributed by atoms with van der Waals surface area (Å²) in [7, 11) is 0. The molecule has 0 saturated carbocycles. The van der Waals surface area contributed by atoms with Crippen LogP contribution in [-0.4, -0.2) is 11.4 Å². The second-order valence-electron chi connectivity index (χ2n) is 4.16. The number of para-hydroxylation sites is 1. The molecule has 0 fully saturated rings. The highest BCUT2D eigenvalue weighted by Crippen LogP contribution is 2.32. The fraction of sp³-hybridized carbons (Fsp3) is 0.462. The van der Waals surface area contributed by atoms with E-state index < -0.39 is 0 Å². The van der Waals surface area contributed by atoms with Crippen molar-refractivity contribution in [1.29, 1.82) is 0 Å². The van der Waals surface area contributed by atoms with Gasteiger partial charge in [-0.05, 0) is 24.0 Å². The minimum absolute atomic E-state index is 0.613. The van der Waals surface area contributed by atoms with Gasteiger partial charge in [0.1, 0.15) is 0 Å². The SMILES string of the molecule is CCCC(C)c1ccccc1N1CSC=N1. The quantitative estimate of drug-likeness (QED) is 0.781. The van der Waals surface area contributed by atoms with Crippen LogP contribution in [0.4, 0.5) is 5.69 Å². The molecule has 0 aliphatic carbocycles. The molecule has 1 aliphatic heterocycles. The number of hydrogen-bond acceptors (Lipinski definition) is 3. The van der Waals surface area contributed by atoms with Gasteiger partial charge in [0.2, 0.25) is 0 Å². The Balaban J connectivity index is 2.26. The van der Waals surface area contributed by atoms with E-state index in [0.717, 1.165) is 5.88 Å². The maximum atomic E-state index is 4.38. The summed E-state index contributed by atoms with van der Waals surface area (Å²) in [6.45, 7) is 4.54. The first-order chi connectivity index (χ1) is 7.83. The normalized spacial score (nSPS) is 16.8. The first kappa shape index (κ1) is 11.5. The van der Waals surface area contributed by atoms with Crippen LogP contribution in [-0.2, 0) is 0 Å². The first-order valence-electron chi connectivity index (χ1n) is 5.83. The van der Waals surface area contributed by atoms with Crippen LogP contribution in [0.3, 0.4) is 0 Å². The molecule has 0 saturated heterocycles. The van der Waals surface area contributed by atoms with Crippen molar-refractivity contribution in [2.24, 2.45) is 5.10 Å². The molecule has 1 atom stereocenters. The lowest BCUT2D eigenvalue weighted by Gasteiger charge is -2.21. The number of rotatable bonds is 4. The number of benzene rings is 1. The fourth-order valence-corrected chi connectivity index (χ4v) is 2.68. The van der Waals surface area contributed by atoms with Crippen LogP contribution < -0.4 is 5.01 Å². The molecule has 1 aliphatic rings. The van der Waals surface area contributed by atoms with Crippen molar-refractivity contribution in [1.82, 2.24) is 0 Å². The zero-order valence-electron chi connectivity index (χ0n) is 9.89. The van der Waals surface area contributed by atoms with Gasteiger partial charge >= 0.3 is 0 Å². The van der Waals surface area contributed by atoms with Crippen LogP contribution in [0.5, 0.6) is 0 Å². The topological polar surface area (TPSA) is 15.6 Å².